The molecule has 1 N–H and O–H groups in total. The molecule has 0 fully saturated rings. The summed E-state index contributed by atoms with van der Waals surface area (Å²) in [5, 5.41) is 3.92. The maximum absolute atomic E-state index is 12.3. The Hall–Kier alpha value is -2.63. The topological polar surface area (TPSA) is 71.3 Å². The Labute approximate surface area is 140 Å². The molecule has 3 aromatic rings. The van der Waals surface area contributed by atoms with Gasteiger partial charge in [0.25, 0.3) is 0 Å². The molecular formula is C18H22N4O2. The second-order valence-electron chi connectivity index (χ2n) is 6.79. The molecule has 0 aliphatic heterocycles. The van der Waals surface area contributed by atoms with Crippen LogP contribution in [0.25, 0.3) is 22.1 Å². The van der Waals surface area contributed by atoms with E-state index < -0.39 is 0 Å². The van der Waals surface area contributed by atoms with Gasteiger partial charge < -0.3 is 14.6 Å². The first-order chi connectivity index (χ1) is 11.4. The first-order valence-electron chi connectivity index (χ1n) is 8.07. The number of rotatable bonds is 4. The lowest BCUT2D eigenvalue weighted by molar-refractivity contribution is -0.121. The van der Waals surface area contributed by atoms with Crippen LogP contribution in [0.15, 0.2) is 35.0 Å². The zero-order chi connectivity index (χ0) is 17.3. The molecule has 0 unspecified atom stereocenters. The van der Waals surface area contributed by atoms with Crippen LogP contribution in [0.4, 0.5) is 5.82 Å². The summed E-state index contributed by atoms with van der Waals surface area (Å²) in [5.74, 6) is 0.593. The first kappa shape index (κ1) is 16.2. The Balaban J connectivity index is 1.99. The van der Waals surface area contributed by atoms with Crippen LogP contribution in [0.5, 0.6) is 0 Å². The number of nitrogens with one attached hydrogen (secondary N) is 1. The van der Waals surface area contributed by atoms with Crippen LogP contribution in [0, 0.1) is 0 Å². The third-order valence-corrected chi connectivity index (χ3v) is 3.67. The van der Waals surface area contributed by atoms with Gasteiger partial charge in [-0.2, -0.15) is 0 Å². The summed E-state index contributed by atoms with van der Waals surface area (Å²) in [6.07, 6.45) is 1.52. The Kier molecular flexibility index (Phi) is 4.13. The fourth-order valence-corrected chi connectivity index (χ4v) is 2.70. The SMILES string of the molecule is CCN(CC(=O)NC(C)(C)C)c1ncnc2c1oc1ccccc12. The average molecular weight is 326 g/mol. The number of fused-ring (bicyclic) bond motifs is 3. The maximum Gasteiger partial charge on any atom is 0.239 e. The fourth-order valence-electron chi connectivity index (χ4n) is 2.70. The highest BCUT2D eigenvalue weighted by Crippen LogP contribution is 2.31. The Morgan fingerprint density at radius 3 is 2.71 bits per heavy atom. The molecule has 1 aromatic carbocycles. The molecule has 0 spiro atoms. The molecule has 3 rings (SSSR count). The van der Waals surface area contributed by atoms with E-state index in [-0.39, 0.29) is 18.0 Å². The second-order valence-corrected chi connectivity index (χ2v) is 6.79. The van der Waals surface area contributed by atoms with E-state index in [9.17, 15) is 4.79 Å². The molecule has 0 aliphatic rings. The van der Waals surface area contributed by atoms with Gasteiger partial charge >= 0.3 is 0 Å². The summed E-state index contributed by atoms with van der Waals surface area (Å²) in [5.41, 5.74) is 1.88. The summed E-state index contributed by atoms with van der Waals surface area (Å²) in [6, 6.07) is 7.75. The van der Waals surface area contributed by atoms with Crippen molar-refractivity contribution in [3.63, 3.8) is 0 Å². The minimum Gasteiger partial charge on any atom is -0.450 e. The third-order valence-electron chi connectivity index (χ3n) is 3.67. The zero-order valence-electron chi connectivity index (χ0n) is 14.5. The molecule has 0 bridgehead atoms. The van der Waals surface area contributed by atoms with E-state index >= 15 is 0 Å². The Morgan fingerprint density at radius 1 is 1.25 bits per heavy atom. The summed E-state index contributed by atoms with van der Waals surface area (Å²) < 4.78 is 5.95. The maximum atomic E-state index is 12.3. The molecule has 24 heavy (non-hydrogen) atoms. The molecular weight excluding hydrogens is 304 g/mol. The van der Waals surface area contributed by atoms with Crippen molar-refractivity contribution in [2.75, 3.05) is 18.0 Å². The molecule has 0 radical (unpaired) electrons. The number of hydrogen-bond donors (Lipinski definition) is 1. The van der Waals surface area contributed by atoms with Crippen LogP contribution in [0.2, 0.25) is 0 Å². The number of likely N-dealkylation sites (N-methyl/N-ethyl adjacent to an activating group) is 1. The Bertz CT molecular complexity index is 879. The van der Waals surface area contributed by atoms with Crippen LogP contribution in [0.1, 0.15) is 27.7 Å². The van der Waals surface area contributed by atoms with Crippen molar-refractivity contribution in [3.05, 3.63) is 30.6 Å². The van der Waals surface area contributed by atoms with Crippen molar-refractivity contribution in [3.8, 4) is 0 Å². The fraction of sp³-hybridized carbons (Fsp3) is 0.389. The van der Waals surface area contributed by atoms with E-state index in [2.05, 4.69) is 15.3 Å². The minimum absolute atomic E-state index is 0.0489. The van der Waals surface area contributed by atoms with Crippen LogP contribution < -0.4 is 10.2 Å². The highest BCUT2D eigenvalue weighted by atomic mass is 16.3. The lowest BCUT2D eigenvalue weighted by Crippen LogP contribution is -2.46. The lowest BCUT2D eigenvalue weighted by Gasteiger charge is -2.25. The predicted molar refractivity (Wildman–Crippen MR) is 95.1 cm³/mol. The molecule has 6 nitrogen and oxygen atoms in total. The number of aromatic nitrogens is 2. The number of para-hydroxylation sites is 1. The molecule has 0 saturated heterocycles. The van der Waals surface area contributed by atoms with E-state index in [1.807, 2.05) is 56.9 Å². The van der Waals surface area contributed by atoms with Crippen LogP contribution >= 0.6 is 0 Å². The summed E-state index contributed by atoms with van der Waals surface area (Å²) in [4.78, 5) is 22.9. The van der Waals surface area contributed by atoms with Gasteiger partial charge in [0.2, 0.25) is 5.91 Å². The number of nitrogens with zero attached hydrogens (tertiary/aromatic N) is 3. The molecule has 0 aliphatic carbocycles. The van der Waals surface area contributed by atoms with Gasteiger partial charge in [-0.25, -0.2) is 9.97 Å². The van der Waals surface area contributed by atoms with E-state index in [4.69, 9.17) is 4.42 Å². The molecule has 6 heteroatoms. The normalized spacial score (nSPS) is 11.8. The van der Waals surface area contributed by atoms with Crippen LogP contribution in [0.3, 0.4) is 0 Å². The monoisotopic (exact) mass is 326 g/mol. The van der Waals surface area contributed by atoms with Crippen molar-refractivity contribution in [2.45, 2.75) is 33.2 Å². The number of anilines is 1. The highest BCUT2D eigenvalue weighted by Gasteiger charge is 2.21. The minimum atomic E-state index is -0.267. The number of carbonyl (C=O) groups is 1. The van der Waals surface area contributed by atoms with Gasteiger partial charge in [-0.1, -0.05) is 12.1 Å². The third kappa shape index (κ3) is 3.18. The van der Waals surface area contributed by atoms with E-state index in [0.29, 0.717) is 17.9 Å². The summed E-state index contributed by atoms with van der Waals surface area (Å²) >= 11 is 0. The van der Waals surface area contributed by atoms with Gasteiger partial charge in [0.05, 0.1) is 6.54 Å². The molecule has 1 amide bonds. The van der Waals surface area contributed by atoms with Gasteiger partial charge in [-0.15, -0.1) is 0 Å². The molecule has 2 heterocycles. The quantitative estimate of drug-likeness (QED) is 0.797. The lowest BCUT2D eigenvalue weighted by atomic mass is 10.1. The van der Waals surface area contributed by atoms with Crippen molar-refractivity contribution >= 4 is 33.8 Å². The van der Waals surface area contributed by atoms with Gasteiger partial charge in [0.15, 0.2) is 11.4 Å². The second kappa shape index (κ2) is 6.11. The number of furan rings is 1. The largest absolute Gasteiger partial charge is 0.450 e. The smallest absolute Gasteiger partial charge is 0.239 e. The molecule has 126 valence electrons. The van der Waals surface area contributed by atoms with Crippen molar-refractivity contribution in [1.82, 2.24) is 15.3 Å². The standard InChI is InChI=1S/C18H22N4O2/c1-5-22(10-14(23)21-18(2,3)4)17-16-15(19-11-20-17)12-8-6-7-9-13(12)24-16/h6-9,11H,5,10H2,1-4H3,(H,21,23). The van der Waals surface area contributed by atoms with Gasteiger partial charge in [-0.05, 0) is 39.8 Å². The number of benzene rings is 1. The first-order valence-corrected chi connectivity index (χ1v) is 8.07. The van der Waals surface area contributed by atoms with E-state index in [1.54, 1.807) is 0 Å². The molecule has 0 saturated carbocycles. The van der Waals surface area contributed by atoms with Gasteiger partial charge in [0, 0.05) is 17.5 Å². The van der Waals surface area contributed by atoms with Gasteiger partial charge in [0.1, 0.15) is 17.4 Å². The summed E-state index contributed by atoms with van der Waals surface area (Å²) in [6.45, 7) is 8.73. The highest BCUT2D eigenvalue weighted by molar-refractivity contribution is 6.05. The zero-order valence-corrected chi connectivity index (χ0v) is 14.5. The average Bonchev–Trinajstić information content (AvgIpc) is 2.89. The summed E-state index contributed by atoms with van der Waals surface area (Å²) in [7, 11) is 0. The number of hydrogen-bond acceptors (Lipinski definition) is 5. The van der Waals surface area contributed by atoms with Gasteiger partial charge in [-0.3, -0.25) is 4.79 Å². The Morgan fingerprint density at radius 2 is 2.00 bits per heavy atom. The predicted octanol–water partition coefficient (Wildman–Crippen LogP) is 3.12. The van der Waals surface area contributed by atoms with Crippen molar-refractivity contribution in [2.24, 2.45) is 0 Å². The van der Waals surface area contributed by atoms with Crippen molar-refractivity contribution in [1.29, 1.82) is 0 Å². The van der Waals surface area contributed by atoms with E-state index in [1.165, 1.54) is 6.33 Å². The number of amides is 1. The van der Waals surface area contributed by atoms with Crippen LogP contribution in [-0.2, 0) is 4.79 Å². The van der Waals surface area contributed by atoms with Crippen LogP contribution in [-0.4, -0.2) is 34.5 Å². The van der Waals surface area contributed by atoms with Crippen molar-refractivity contribution < 1.29 is 9.21 Å². The molecule has 0 atom stereocenters. The van der Waals surface area contributed by atoms with E-state index in [0.717, 1.165) is 16.5 Å². The number of carbonyl (C=O) groups excluding carboxylic acids is 1. The molecule has 2 aromatic heterocycles.